The molecule has 6 saturated carbocycles. The number of fused-ring (bicyclic) bond motifs is 8. The van der Waals surface area contributed by atoms with Crippen LogP contribution in [0.4, 0.5) is 0 Å². The van der Waals surface area contributed by atoms with Crippen molar-refractivity contribution in [2.24, 2.45) is 53.3 Å². The number of hydrogen-bond donors (Lipinski definition) is 0. The van der Waals surface area contributed by atoms with E-state index < -0.39 is 8.07 Å². The summed E-state index contributed by atoms with van der Waals surface area (Å²) in [6, 6.07) is 1.91. The summed E-state index contributed by atoms with van der Waals surface area (Å²) >= 11 is 0. The summed E-state index contributed by atoms with van der Waals surface area (Å²) < 4.78 is 0. The van der Waals surface area contributed by atoms with Crippen LogP contribution >= 0.6 is 0 Å². The van der Waals surface area contributed by atoms with E-state index in [4.69, 9.17) is 0 Å². The van der Waals surface area contributed by atoms with Gasteiger partial charge in [0.2, 0.25) is 0 Å². The second kappa shape index (κ2) is 8.61. The van der Waals surface area contributed by atoms with Gasteiger partial charge in [-0.3, -0.25) is 4.90 Å². The van der Waals surface area contributed by atoms with E-state index in [-0.39, 0.29) is 0 Å². The first-order chi connectivity index (χ1) is 16.5. The maximum atomic E-state index is 3.09. The van der Waals surface area contributed by atoms with Gasteiger partial charge in [0.05, 0.1) is 8.07 Å². The molecule has 0 spiro atoms. The van der Waals surface area contributed by atoms with E-state index in [0.717, 1.165) is 70.9 Å². The Hall–Kier alpha value is 0.177. The summed E-state index contributed by atoms with van der Waals surface area (Å²) in [7, 11) is 1.22. The number of likely N-dealkylation sites (tertiary alicyclic amines) is 1. The van der Waals surface area contributed by atoms with Gasteiger partial charge in [-0.2, -0.15) is 0 Å². The Bertz CT molecular complexity index is 740. The lowest BCUT2D eigenvalue weighted by Gasteiger charge is -2.50. The quantitative estimate of drug-likeness (QED) is 0.357. The summed E-state index contributed by atoms with van der Waals surface area (Å²) in [6.45, 7) is 8.58. The van der Waals surface area contributed by atoms with E-state index >= 15 is 0 Å². The van der Waals surface area contributed by atoms with E-state index in [1.165, 1.54) is 18.4 Å². The molecule has 7 rings (SSSR count). The van der Waals surface area contributed by atoms with Gasteiger partial charge in [-0.1, -0.05) is 77.8 Å². The zero-order valence-electron chi connectivity index (χ0n) is 23.1. The Morgan fingerprint density at radius 3 is 1.65 bits per heavy atom. The largest absolute Gasteiger partial charge is 0.300 e. The molecule has 2 heteroatoms. The molecule has 0 aromatic carbocycles. The van der Waals surface area contributed by atoms with Gasteiger partial charge < -0.3 is 0 Å². The normalized spacial score (nSPS) is 55.2. The predicted molar refractivity (Wildman–Crippen MR) is 147 cm³/mol. The van der Waals surface area contributed by atoms with Gasteiger partial charge >= 0.3 is 0 Å². The van der Waals surface area contributed by atoms with Gasteiger partial charge in [-0.25, -0.2) is 0 Å². The first-order valence-corrected chi connectivity index (χ1v) is 19.4. The SMILES string of the molecule is CC1CCC2C(C1)C1C3CCCCC3C([Si](C)(C)C3C4CCCCC4C4CCCCC43)C1N2C. The van der Waals surface area contributed by atoms with Crippen LogP contribution < -0.4 is 0 Å². The van der Waals surface area contributed by atoms with Crippen molar-refractivity contribution in [3.8, 4) is 0 Å². The molecule has 0 amide bonds. The molecule has 0 N–H and O–H groups in total. The summed E-state index contributed by atoms with van der Waals surface area (Å²) in [4.78, 5) is 3.09. The van der Waals surface area contributed by atoms with Crippen LogP contribution in [0.1, 0.15) is 103 Å². The molecule has 1 aliphatic heterocycles. The van der Waals surface area contributed by atoms with Crippen LogP contribution in [0, 0.1) is 53.3 Å². The molecule has 1 saturated heterocycles. The van der Waals surface area contributed by atoms with Crippen molar-refractivity contribution in [1.29, 1.82) is 0 Å². The molecule has 0 bridgehead atoms. The topological polar surface area (TPSA) is 3.24 Å². The van der Waals surface area contributed by atoms with E-state index in [2.05, 4.69) is 32.0 Å². The Labute approximate surface area is 212 Å². The molecule has 12 atom stereocenters. The molecule has 7 fully saturated rings. The standard InChI is InChI=1S/C32H55NSi/c1-20-17-18-28-27(19-20)29-23-13-7-10-16-26(23)32(30(29)33(28)2)34(3,4)31-24-14-8-5-11-21(24)22-12-6-9-15-25(22)31/h20-32H,5-19H2,1-4H3. The first kappa shape index (κ1) is 23.3. The predicted octanol–water partition coefficient (Wildman–Crippen LogP) is 8.62. The van der Waals surface area contributed by atoms with Crippen LogP contribution in [0.15, 0.2) is 0 Å². The zero-order chi connectivity index (χ0) is 23.2. The van der Waals surface area contributed by atoms with Crippen LogP contribution in [0.5, 0.6) is 0 Å². The lowest BCUT2D eigenvalue weighted by molar-refractivity contribution is 0.116. The summed E-state index contributed by atoms with van der Waals surface area (Å²) in [6.07, 6.45) is 23.6. The second-order valence-corrected chi connectivity index (χ2v) is 20.6. The third kappa shape index (κ3) is 3.24. The molecule has 0 aromatic heterocycles. The molecular formula is C32H55NSi. The monoisotopic (exact) mass is 481 g/mol. The van der Waals surface area contributed by atoms with Gasteiger partial charge in [0.1, 0.15) is 0 Å². The van der Waals surface area contributed by atoms with Crippen molar-refractivity contribution in [3.63, 3.8) is 0 Å². The van der Waals surface area contributed by atoms with Crippen LogP contribution in [0.25, 0.3) is 0 Å². The molecular weight excluding hydrogens is 426 g/mol. The molecule has 7 aliphatic rings. The minimum Gasteiger partial charge on any atom is -0.300 e. The van der Waals surface area contributed by atoms with Crippen LogP contribution in [-0.2, 0) is 0 Å². The minimum absolute atomic E-state index is 0.940. The fourth-order valence-corrected chi connectivity index (χ4v) is 19.8. The first-order valence-electron chi connectivity index (χ1n) is 16.2. The third-order valence-corrected chi connectivity index (χ3v) is 19.2. The maximum absolute atomic E-state index is 3.09. The smallest absolute Gasteiger partial charge is 0.0561 e. The third-order valence-electron chi connectivity index (χ3n) is 14.1. The number of rotatable bonds is 2. The van der Waals surface area contributed by atoms with Crippen molar-refractivity contribution in [2.75, 3.05) is 7.05 Å². The van der Waals surface area contributed by atoms with E-state index in [9.17, 15) is 0 Å². The van der Waals surface area contributed by atoms with Gasteiger partial charge in [0, 0.05) is 12.1 Å². The van der Waals surface area contributed by atoms with E-state index in [1.54, 1.807) is 83.5 Å². The molecule has 192 valence electrons. The fraction of sp³-hybridized carbons (Fsp3) is 1.00. The number of hydrogen-bond acceptors (Lipinski definition) is 1. The van der Waals surface area contributed by atoms with E-state index in [0.29, 0.717) is 0 Å². The van der Waals surface area contributed by atoms with Gasteiger partial charge in [0.15, 0.2) is 0 Å². The molecule has 6 aliphatic carbocycles. The van der Waals surface area contributed by atoms with Crippen LogP contribution in [-0.4, -0.2) is 32.1 Å². The Morgan fingerprint density at radius 1 is 0.559 bits per heavy atom. The highest BCUT2D eigenvalue weighted by atomic mass is 28.3. The van der Waals surface area contributed by atoms with Gasteiger partial charge in [-0.05, 0) is 110 Å². The summed E-state index contributed by atoms with van der Waals surface area (Å²) in [5, 5.41) is 0. The molecule has 1 nitrogen and oxygen atoms in total. The van der Waals surface area contributed by atoms with Crippen molar-refractivity contribution >= 4 is 8.07 Å². The molecule has 12 unspecified atom stereocenters. The van der Waals surface area contributed by atoms with Crippen LogP contribution in [0.3, 0.4) is 0 Å². The Balaban J connectivity index is 1.28. The lowest BCUT2D eigenvalue weighted by Crippen LogP contribution is -2.52. The minimum atomic E-state index is -1.41. The highest BCUT2D eigenvalue weighted by molar-refractivity contribution is 6.80. The Kier molecular flexibility index (Phi) is 5.90. The van der Waals surface area contributed by atoms with Crippen molar-refractivity contribution in [2.45, 2.75) is 139 Å². The average Bonchev–Trinajstić information content (AvgIpc) is 3.46. The van der Waals surface area contributed by atoms with Crippen molar-refractivity contribution < 1.29 is 0 Å². The number of nitrogens with zero attached hydrogens (tertiary/aromatic N) is 1. The summed E-state index contributed by atoms with van der Waals surface area (Å²) in [5.41, 5.74) is 2.28. The second-order valence-electron chi connectivity index (χ2n) is 15.6. The van der Waals surface area contributed by atoms with Gasteiger partial charge in [-0.15, -0.1) is 0 Å². The van der Waals surface area contributed by atoms with Crippen LogP contribution in [0.2, 0.25) is 24.2 Å². The molecule has 0 radical (unpaired) electrons. The Morgan fingerprint density at radius 2 is 1.06 bits per heavy atom. The van der Waals surface area contributed by atoms with Gasteiger partial charge in [0.25, 0.3) is 0 Å². The molecule has 34 heavy (non-hydrogen) atoms. The van der Waals surface area contributed by atoms with E-state index in [1.807, 2.05) is 0 Å². The molecule has 1 heterocycles. The van der Waals surface area contributed by atoms with Crippen molar-refractivity contribution in [3.05, 3.63) is 0 Å². The highest BCUT2D eigenvalue weighted by Crippen LogP contribution is 2.70. The fourth-order valence-electron chi connectivity index (χ4n) is 13.5. The zero-order valence-corrected chi connectivity index (χ0v) is 24.1. The lowest BCUT2D eigenvalue weighted by atomic mass is 9.68. The highest BCUT2D eigenvalue weighted by Gasteiger charge is 2.67. The molecule has 0 aromatic rings. The maximum Gasteiger partial charge on any atom is 0.0561 e. The average molecular weight is 482 g/mol. The summed E-state index contributed by atoms with van der Waals surface area (Å²) in [5.74, 6) is 9.87. The van der Waals surface area contributed by atoms with Crippen molar-refractivity contribution in [1.82, 2.24) is 4.90 Å².